The van der Waals surface area contributed by atoms with E-state index in [9.17, 15) is 4.79 Å². The second-order valence-electron chi connectivity index (χ2n) is 4.15. The summed E-state index contributed by atoms with van der Waals surface area (Å²) in [5.41, 5.74) is 6.35. The molecule has 0 radical (unpaired) electrons. The Bertz CT molecular complexity index is 665. The average molecular weight is 284 g/mol. The van der Waals surface area contributed by atoms with Gasteiger partial charge in [0, 0.05) is 18.3 Å². The maximum Gasteiger partial charge on any atom is 0.270 e. The van der Waals surface area contributed by atoms with Crippen molar-refractivity contribution in [2.75, 3.05) is 6.54 Å². The maximum atomic E-state index is 12.0. The Hall–Kier alpha value is -2.72. The second-order valence-corrected chi connectivity index (χ2v) is 4.15. The number of aryl methyl sites for hydroxylation is 1. The topological polar surface area (TPSA) is 98.7 Å². The molecule has 0 aromatic carbocycles. The summed E-state index contributed by atoms with van der Waals surface area (Å²) in [6, 6.07) is 3.36. The fourth-order valence-corrected chi connectivity index (χ4v) is 1.69. The van der Waals surface area contributed by atoms with Crippen LogP contribution in [0.15, 0.2) is 24.7 Å². The smallest absolute Gasteiger partial charge is 0.270 e. The SMILES string of the molecule is CCn1cnnc1CNC(=O)c1ccc(C#CCN)cn1. The number of nitrogens with two attached hydrogens (primary N) is 1. The van der Waals surface area contributed by atoms with Crippen molar-refractivity contribution in [2.45, 2.75) is 20.0 Å². The van der Waals surface area contributed by atoms with Crippen molar-refractivity contribution in [3.63, 3.8) is 0 Å². The molecule has 0 saturated heterocycles. The van der Waals surface area contributed by atoms with E-state index in [1.54, 1.807) is 24.7 Å². The van der Waals surface area contributed by atoms with E-state index in [1.165, 1.54) is 0 Å². The van der Waals surface area contributed by atoms with E-state index >= 15 is 0 Å². The van der Waals surface area contributed by atoms with Crippen molar-refractivity contribution in [3.05, 3.63) is 41.7 Å². The zero-order valence-electron chi connectivity index (χ0n) is 11.7. The molecule has 0 saturated carbocycles. The summed E-state index contributed by atoms with van der Waals surface area (Å²) in [7, 11) is 0. The third-order valence-electron chi connectivity index (χ3n) is 2.77. The van der Waals surface area contributed by atoms with Crippen LogP contribution < -0.4 is 11.1 Å². The first-order chi connectivity index (χ1) is 10.2. The van der Waals surface area contributed by atoms with Gasteiger partial charge in [0.2, 0.25) is 0 Å². The summed E-state index contributed by atoms with van der Waals surface area (Å²) < 4.78 is 1.86. The lowest BCUT2D eigenvalue weighted by Gasteiger charge is -2.05. The Morgan fingerprint density at radius 3 is 3.00 bits per heavy atom. The highest BCUT2D eigenvalue weighted by Crippen LogP contribution is 2.00. The first kappa shape index (κ1) is 14.7. The van der Waals surface area contributed by atoms with Gasteiger partial charge < -0.3 is 15.6 Å². The number of amides is 1. The van der Waals surface area contributed by atoms with Crippen molar-refractivity contribution >= 4 is 5.91 Å². The summed E-state index contributed by atoms with van der Waals surface area (Å²) >= 11 is 0. The van der Waals surface area contributed by atoms with Crippen LogP contribution in [0.1, 0.15) is 28.8 Å². The van der Waals surface area contributed by atoms with Crippen LogP contribution >= 0.6 is 0 Å². The third kappa shape index (κ3) is 3.87. The standard InChI is InChI=1S/C14H16N6O/c1-2-20-10-18-19-13(20)9-17-14(21)12-6-5-11(8-16-12)4-3-7-15/h5-6,8,10H,2,7,9,15H2,1H3,(H,17,21). The molecule has 0 aliphatic rings. The Morgan fingerprint density at radius 1 is 1.48 bits per heavy atom. The fourth-order valence-electron chi connectivity index (χ4n) is 1.69. The summed E-state index contributed by atoms with van der Waals surface area (Å²) in [6.07, 6.45) is 3.18. The lowest BCUT2D eigenvalue weighted by Crippen LogP contribution is -2.25. The van der Waals surface area contributed by atoms with Gasteiger partial charge in [-0.25, -0.2) is 4.98 Å². The highest BCUT2D eigenvalue weighted by atomic mass is 16.1. The van der Waals surface area contributed by atoms with Gasteiger partial charge in [0.15, 0.2) is 5.82 Å². The van der Waals surface area contributed by atoms with Crippen LogP contribution in [0, 0.1) is 11.8 Å². The van der Waals surface area contributed by atoms with Crippen LogP contribution in [0.2, 0.25) is 0 Å². The molecule has 2 rings (SSSR count). The summed E-state index contributed by atoms with van der Waals surface area (Å²) in [6.45, 7) is 3.34. The minimum atomic E-state index is -0.265. The van der Waals surface area contributed by atoms with Gasteiger partial charge in [-0.05, 0) is 19.1 Å². The van der Waals surface area contributed by atoms with E-state index in [0.29, 0.717) is 24.6 Å². The van der Waals surface area contributed by atoms with Gasteiger partial charge in [0.1, 0.15) is 12.0 Å². The molecule has 0 atom stereocenters. The van der Waals surface area contributed by atoms with Crippen molar-refractivity contribution in [1.29, 1.82) is 0 Å². The van der Waals surface area contributed by atoms with Crippen LogP contribution in [-0.2, 0) is 13.1 Å². The number of pyridine rings is 1. The van der Waals surface area contributed by atoms with Gasteiger partial charge in [-0.3, -0.25) is 4.79 Å². The summed E-state index contributed by atoms with van der Waals surface area (Å²) in [4.78, 5) is 16.1. The monoisotopic (exact) mass is 284 g/mol. The van der Waals surface area contributed by atoms with E-state index in [4.69, 9.17) is 5.73 Å². The van der Waals surface area contributed by atoms with Gasteiger partial charge in [-0.15, -0.1) is 10.2 Å². The van der Waals surface area contributed by atoms with E-state index in [0.717, 1.165) is 12.1 Å². The maximum absolute atomic E-state index is 12.0. The second kappa shape index (κ2) is 7.17. The van der Waals surface area contributed by atoms with E-state index in [-0.39, 0.29) is 5.91 Å². The first-order valence-electron chi connectivity index (χ1n) is 6.54. The van der Waals surface area contributed by atoms with Gasteiger partial charge in [0.05, 0.1) is 13.1 Å². The molecule has 0 spiro atoms. The zero-order chi connectivity index (χ0) is 15.1. The number of nitrogens with one attached hydrogen (secondary N) is 1. The Labute approximate surface area is 122 Å². The van der Waals surface area contributed by atoms with Gasteiger partial charge in [0.25, 0.3) is 5.91 Å². The number of nitrogens with zero attached hydrogens (tertiary/aromatic N) is 4. The van der Waals surface area contributed by atoms with Crippen LogP contribution in [0.4, 0.5) is 0 Å². The summed E-state index contributed by atoms with van der Waals surface area (Å²) in [5, 5.41) is 10.5. The molecule has 0 bridgehead atoms. The number of rotatable bonds is 4. The highest BCUT2D eigenvalue weighted by molar-refractivity contribution is 5.92. The van der Waals surface area contributed by atoms with Crippen molar-refractivity contribution in [3.8, 4) is 11.8 Å². The molecule has 7 heteroatoms. The molecule has 0 fully saturated rings. The minimum absolute atomic E-state index is 0.265. The number of carbonyl (C=O) groups excluding carboxylic acids is 1. The normalized spacial score (nSPS) is 9.81. The Balaban J connectivity index is 1.97. The molecule has 21 heavy (non-hydrogen) atoms. The van der Waals surface area contributed by atoms with E-state index in [1.807, 2.05) is 11.5 Å². The Morgan fingerprint density at radius 2 is 2.33 bits per heavy atom. The number of hydrogen-bond acceptors (Lipinski definition) is 5. The zero-order valence-corrected chi connectivity index (χ0v) is 11.7. The number of hydrogen-bond donors (Lipinski definition) is 2. The fraction of sp³-hybridized carbons (Fsp3) is 0.286. The van der Waals surface area contributed by atoms with E-state index in [2.05, 4.69) is 32.3 Å². The predicted octanol–water partition coefficient (Wildman–Crippen LogP) is -0.0668. The molecular weight excluding hydrogens is 268 g/mol. The predicted molar refractivity (Wildman–Crippen MR) is 77.0 cm³/mol. The largest absolute Gasteiger partial charge is 0.343 e. The van der Waals surface area contributed by atoms with Crippen LogP contribution in [0.5, 0.6) is 0 Å². The molecule has 1 amide bonds. The van der Waals surface area contributed by atoms with Crippen molar-refractivity contribution in [1.82, 2.24) is 25.1 Å². The number of carbonyl (C=O) groups is 1. The molecular formula is C14H16N6O. The molecule has 0 aliphatic carbocycles. The average Bonchev–Trinajstić information content (AvgIpc) is 2.98. The molecule has 2 heterocycles. The van der Waals surface area contributed by atoms with Crippen LogP contribution in [-0.4, -0.2) is 32.2 Å². The van der Waals surface area contributed by atoms with Gasteiger partial charge in [-0.1, -0.05) is 11.8 Å². The molecule has 108 valence electrons. The van der Waals surface area contributed by atoms with Crippen molar-refractivity contribution in [2.24, 2.45) is 5.73 Å². The van der Waals surface area contributed by atoms with Crippen LogP contribution in [0.25, 0.3) is 0 Å². The van der Waals surface area contributed by atoms with Gasteiger partial charge in [-0.2, -0.15) is 0 Å². The number of aromatic nitrogens is 4. The molecule has 7 nitrogen and oxygen atoms in total. The lowest BCUT2D eigenvalue weighted by molar-refractivity contribution is 0.0944. The highest BCUT2D eigenvalue weighted by Gasteiger charge is 2.09. The van der Waals surface area contributed by atoms with Crippen molar-refractivity contribution < 1.29 is 4.79 Å². The third-order valence-corrected chi connectivity index (χ3v) is 2.77. The lowest BCUT2D eigenvalue weighted by atomic mass is 10.2. The first-order valence-corrected chi connectivity index (χ1v) is 6.54. The molecule has 3 N–H and O–H groups in total. The van der Waals surface area contributed by atoms with Gasteiger partial charge >= 0.3 is 0 Å². The molecule has 0 unspecified atom stereocenters. The molecule has 2 aromatic heterocycles. The minimum Gasteiger partial charge on any atom is -0.343 e. The quantitative estimate of drug-likeness (QED) is 0.766. The van der Waals surface area contributed by atoms with E-state index < -0.39 is 0 Å². The molecule has 2 aromatic rings. The Kier molecular flexibility index (Phi) is 5.01. The molecule has 0 aliphatic heterocycles. The summed E-state index contributed by atoms with van der Waals surface area (Å²) in [5.74, 6) is 6.02. The van der Waals surface area contributed by atoms with Crippen LogP contribution in [0.3, 0.4) is 0 Å².